The van der Waals surface area contributed by atoms with Crippen molar-refractivity contribution in [3.63, 3.8) is 0 Å². The molecular formula is C10H19NO2. The molecular weight excluding hydrogens is 166 g/mol. The van der Waals surface area contributed by atoms with E-state index >= 15 is 0 Å². The van der Waals surface area contributed by atoms with Crippen LogP contribution in [0.2, 0.25) is 0 Å². The summed E-state index contributed by atoms with van der Waals surface area (Å²) >= 11 is 0. The van der Waals surface area contributed by atoms with Crippen LogP contribution in [0.15, 0.2) is 0 Å². The Balaban J connectivity index is 2.67. The van der Waals surface area contributed by atoms with E-state index in [0.29, 0.717) is 12.0 Å². The number of esters is 1. The van der Waals surface area contributed by atoms with Crippen molar-refractivity contribution in [2.75, 3.05) is 7.11 Å². The molecule has 1 saturated carbocycles. The highest BCUT2D eigenvalue weighted by Crippen LogP contribution is 2.40. The lowest BCUT2D eigenvalue weighted by molar-refractivity contribution is -0.149. The van der Waals surface area contributed by atoms with E-state index in [1.54, 1.807) is 0 Å². The van der Waals surface area contributed by atoms with Crippen molar-refractivity contribution < 1.29 is 9.53 Å². The number of carbonyl (C=O) groups excluding carboxylic acids is 1. The summed E-state index contributed by atoms with van der Waals surface area (Å²) in [6.45, 7) is 6.03. The minimum atomic E-state index is -0.469. The molecule has 0 aromatic carbocycles. The summed E-state index contributed by atoms with van der Waals surface area (Å²) in [7, 11) is 1.45. The van der Waals surface area contributed by atoms with Gasteiger partial charge in [-0.25, -0.2) is 0 Å². The Bertz CT molecular complexity index is 199. The van der Waals surface area contributed by atoms with Crippen molar-refractivity contribution in [3.8, 4) is 0 Å². The average Bonchev–Trinajstić information content (AvgIpc) is 2.83. The molecule has 1 fully saturated rings. The van der Waals surface area contributed by atoms with Gasteiger partial charge in [-0.2, -0.15) is 0 Å². The van der Waals surface area contributed by atoms with Gasteiger partial charge in [0.2, 0.25) is 0 Å². The number of rotatable bonds is 4. The van der Waals surface area contributed by atoms with Crippen LogP contribution < -0.4 is 5.32 Å². The first-order valence-electron chi connectivity index (χ1n) is 4.87. The van der Waals surface area contributed by atoms with E-state index in [-0.39, 0.29) is 5.97 Å². The van der Waals surface area contributed by atoms with Gasteiger partial charge in [0.15, 0.2) is 0 Å². The van der Waals surface area contributed by atoms with E-state index in [1.807, 2.05) is 20.8 Å². The van der Waals surface area contributed by atoms with Crippen molar-refractivity contribution in [1.29, 1.82) is 0 Å². The molecule has 0 amide bonds. The lowest BCUT2D eigenvalue weighted by Crippen LogP contribution is -2.54. The Labute approximate surface area is 79.8 Å². The fourth-order valence-corrected chi connectivity index (χ4v) is 1.82. The first-order chi connectivity index (χ1) is 6.00. The van der Waals surface area contributed by atoms with Gasteiger partial charge < -0.3 is 4.74 Å². The van der Waals surface area contributed by atoms with Crippen LogP contribution in [-0.2, 0) is 9.53 Å². The third kappa shape index (κ3) is 2.21. The molecule has 1 unspecified atom stereocenters. The highest BCUT2D eigenvalue weighted by molar-refractivity contribution is 5.81. The Hall–Kier alpha value is -0.570. The van der Waals surface area contributed by atoms with Crippen LogP contribution in [0.1, 0.15) is 33.6 Å². The molecule has 1 rings (SSSR count). The predicted molar refractivity (Wildman–Crippen MR) is 51.4 cm³/mol. The van der Waals surface area contributed by atoms with Gasteiger partial charge >= 0.3 is 5.97 Å². The van der Waals surface area contributed by atoms with E-state index in [0.717, 1.165) is 12.8 Å². The van der Waals surface area contributed by atoms with Crippen molar-refractivity contribution in [2.24, 2.45) is 5.92 Å². The zero-order chi connectivity index (χ0) is 10.1. The van der Waals surface area contributed by atoms with Crippen molar-refractivity contribution in [2.45, 2.75) is 45.2 Å². The van der Waals surface area contributed by atoms with Gasteiger partial charge in [0.1, 0.15) is 5.54 Å². The molecule has 0 bridgehead atoms. The first kappa shape index (κ1) is 10.5. The van der Waals surface area contributed by atoms with Gasteiger partial charge in [-0.1, -0.05) is 0 Å². The molecule has 0 saturated heterocycles. The van der Waals surface area contributed by atoms with Crippen LogP contribution >= 0.6 is 0 Å². The zero-order valence-corrected chi connectivity index (χ0v) is 8.89. The topological polar surface area (TPSA) is 38.3 Å². The summed E-state index contributed by atoms with van der Waals surface area (Å²) < 4.78 is 4.82. The maximum atomic E-state index is 11.6. The summed E-state index contributed by atoms with van der Waals surface area (Å²) in [5.74, 6) is 0.325. The third-order valence-electron chi connectivity index (χ3n) is 2.59. The molecule has 3 heteroatoms. The summed E-state index contributed by atoms with van der Waals surface area (Å²) in [6, 6.07) is 0.310. The molecule has 13 heavy (non-hydrogen) atoms. The number of ether oxygens (including phenoxy) is 1. The minimum absolute atomic E-state index is 0.135. The summed E-state index contributed by atoms with van der Waals surface area (Å²) in [4.78, 5) is 11.6. The predicted octanol–water partition coefficient (Wildman–Crippen LogP) is 1.33. The van der Waals surface area contributed by atoms with E-state index < -0.39 is 5.54 Å². The number of nitrogens with one attached hydrogen (secondary N) is 1. The summed E-state index contributed by atoms with van der Waals surface area (Å²) in [5.41, 5.74) is -0.469. The van der Waals surface area contributed by atoms with E-state index in [1.165, 1.54) is 7.11 Å². The first-order valence-corrected chi connectivity index (χ1v) is 4.87. The van der Waals surface area contributed by atoms with Crippen LogP contribution in [0.3, 0.4) is 0 Å². The van der Waals surface area contributed by atoms with Gasteiger partial charge in [-0.15, -0.1) is 0 Å². The van der Waals surface area contributed by atoms with Gasteiger partial charge in [-0.05, 0) is 39.5 Å². The smallest absolute Gasteiger partial charge is 0.326 e. The molecule has 1 atom stereocenters. The fourth-order valence-electron chi connectivity index (χ4n) is 1.82. The number of hydrogen-bond donors (Lipinski definition) is 1. The molecule has 76 valence electrons. The maximum Gasteiger partial charge on any atom is 0.326 e. The summed E-state index contributed by atoms with van der Waals surface area (Å²) in [5, 5.41) is 3.29. The normalized spacial score (nSPS) is 21.3. The van der Waals surface area contributed by atoms with Crippen molar-refractivity contribution in [3.05, 3.63) is 0 Å². The Morgan fingerprint density at radius 1 is 1.54 bits per heavy atom. The van der Waals surface area contributed by atoms with Crippen LogP contribution in [0, 0.1) is 5.92 Å². The molecule has 0 radical (unpaired) electrons. The Kier molecular flexibility index (Phi) is 2.96. The number of carbonyl (C=O) groups is 1. The SMILES string of the molecule is COC(=O)C(C)(NC(C)C)C1CC1. The second-order valence-electron chi connectivity index (χ2n) is 4.27. The molecule has 0 aliphatic heterocycles. The fraction of sp³-hybridized carbons (Fsp3) is 0.900. The maximum absolute atomic E-state index is 11.6. The van der Waals surface area contributed by atoms with Gasteiger partial charge in [0.05, 0.1) is 7.11 Å². The van der Waals surface area contributed by atoms with Crippen molar-refractivity contribution >= 4 is 5.97 Å². The molecule has 3 nitrogen and oxygen atoms in total. The van der Waals surface area contributed by atoms with E-state index in [2.05, 4.69) is 5.32 Å². The minimum Gasteiger partial charge on any atom is -0.468 e. The van der Waals surface area contributed by atoms with Crippen molar-refractivity contribution in [1.82, 2.24) is 5.32 Å². The zero-order valence-electron chi connectivity index (χ0n) is 8.89. The number of hydrogen-bond acceptors (Lipinski definition) is 3. The molecule has 1 aliphatic carbocycles. The molecule has 0 aromatic heterocycles. The van der Waals surface area contributed by atoms with E-state index in [9.17, 15) is 4.79 Å². The highest BCUT2D eigenvalue weighted by Gasteiger charge is 2.48. The molecule has 0 spiro atoms. The van der Waals surface area contributed by atoms with E-state index in [4.69, 9.17) is 4.74 Å². The standard InChI is InChI=1S/C10H19NO2/c1-7(2)11-10(3,8-5-6-8)9(12)13-4/h7-8,11H,5-6H2,1-4H3. The van der Waals surface area contributed by atoms with Gasteiger partial charge in [0, 0.05) is 6.04 Å². The lowest BCUT2D eigenvalue weighted by Gasteiger charge is -2.30. The van der Waals surface area contributed by atoms with Crippen LogP contribution in [0.25, 0.3) is 0 Å². The molecule has 0 heterocycles. The van der Waals surface area contributed by atoms with Crippen LogP contribution in [0.4, 0.5) is 0 Å². The Morgan fingerprint density at radius 2 is 2.08 bits per heavy atom. The number of methoxy groups -OCH3 is 1. The molecule has 0 aromatic rings. The highest BCUT2D eigenvalue weighted by atomic mass is 16.5. The third-order valence-corrected chi connectivity index (χ3v) is 2.59. The van der Waals surface area contributed by atoms with Crippen LogP contribution in [0.5, 0.6) is 0 Å². The molecule has 1 aliphatic rings. The second kappa shape index (κ2) is 3.66. The summed E-state index contributed by atoms with van der Waals surface area (Å²) in [6.07, 6.45) is 2.26. The average molecular weight is 185 g/mol. The van der Waals surface area contributed by atoms with Crippen LogP contribution in [-0.4, -0.2) is 24.7 Å². The lowest BCUT2D eigenvalue weighted by atomic mass is 9.95. The van der Waals surface area contributed by atoms with Gasteiger partial charge in [-0.3, -0.25) is 10.1 Å². The molecule has 1 N–H and O–H groups in total. The largest absolute Gasteiger partial charge is 0.468 e. The quantitative estimate of drug-likeness (QED) is 0.671. The van der Waals surface area contributed by atoms with Gasteiger partial charge in [0.25, 0.3) is 0 Å². The Morgan fingerprint density at radius 3 is 2.38 bits per heavy atom. The second-order valence-corrected chi connectivity index (χ2v) is 4.27. The monoisotopic (exact) mass is 185 g/mol.